The van der Waals surface area contributed by atoms with Crippen LogP contribution < -0.4 is 0 Å². The molecule has 1 fully saturated rings. The van der Waals surface area contributed by atoms with E-state index in [4.69, 9.17) is 9.47 Å². The number of para-hydroxylation sites is 1. The van der Waals surface area contributed by atoms with Gasteiger partial charge in [0.25, 0.3) is 5.91 Å². The van der Waals surface area contributed by atoms with E-state index < -0.39 is 5.82 Å². The number of likely N-dealkylation sites (N-methyl/N-ethyl adjacent to an activating group) is 1. The number of fused-ring (bicyclic) bond motifs is 1. The number of rotatable bonds is 3. The number of carbonyl (C=O) groups excluding carboxylic acids is 1. The molecule has 2 aromatic rings. The van der Waals surface area contributed by atoms with Gasteiger partial charge in [-0.1, -0.05) is 18.2 Å². The molecule has 0 saturated carbocycles. The van der Waals surface area contributed by atoms with E-state index in [2.05, 4.69) is 4.98 Å². The van der Waals surface area contributed by atoms with Gasteiger partial charge in [0.1, 0.15) is 23.1 Å². The number of amides is 1. The van der Waals surface area contributed by atoms with Gasteiger partial charge < -0.3 is 14.4 Å². The van der Waals surface area contributed by atoms with Crippen molar-refractivity contribution < 1.29 is 18.7 Å². The summed E-state index contributed by atoms with van der Waals surface area (Å²) in [5, 5.41) is 0.665. The smallest absolute Gasteiger partial charge is 0.272 e. The highest BCUT2D eigenvalue weighted by Gasteiger charge is 2.34. The molecule has 1 aromatic carbocycles. The van der Waals surface area contributed by atoms with Gasteiger partial charge in [-0.05, 0) is 12.1 Å². The minimum absolute atomic E-state index is 0.161. The number of carbonyl (C=O) groups is 1. The van der Waals surface area contributed by atoms with Crippen molar-refractivity contribution in [2.75, 3.05) is 27.4 Å². The summed E-state index contributed by atoms with van der Waals surface area (Å²) in [5.74, 6) is -0.712. The Labute approximate surface area is 127 Å². The van der Waals surface area contributed by atoms with E-state index in [1.807, 2.05) is 0 Å². The van der Waals surface area contributed by atoms with Crippen molar-refractivity contribution >= 4 is 16.8 Å². The lowest BCUT2D eigenvalue weighted by Crippen LogP contribution is -2.45. The van der Waals surface area contributed by atoms with Gasteiger partial charge >= 0.3 is 0 Å². The lowest BCUT2D eigenvalue weighted by atomic mass is 10.1. The molecule has 1 aliphatic rings. The van der Waals surface area contributed by atoms with Gasteiger partial charge in [-0.25, -0.2) is 9.37 Å². The quantitative estimate of drug-likeness (QED) is 0.868. The van der Waals surface area contributed by atoms with Crippen LogP contribution in [-0.4, -0.2) is 55.3 Å². The number of hydrogen-bond acceptors (Lipinski definition) is 4. The number of hydrogen-bond donors (Lipinski definition) is 0. The highest BCUT2D eigenvalue weighted by molar-refractivity contribution is 5.95. The van der Waals surface area contributed by atoms with E-state index in [9.17, 15) is 9.18 Å². The molecule has 0 unspecified atom stereocenters. The number of nitrogens with zero attached hydrogens (tertiary/aromatic N) is 2. The van der Waals surface area contributed by atoms with Crippen molar-refractivity contribution in [3.8, 4) is 0 Å². The van der Waals surface area contributed by atoms with Crippen LogP contribution in [0, 0.1) is 5.82 Å². The molecule has 0 spiro atoms. The first kappa shape index (κ1) is 14.9. The van der Waals surface area contributed by atoms with Crippen LogP contribution in [-0.2, 0) is 9.47 Å². The molecule has 2 atom stereocenters. The largest absolute Gasteiger partial charge is 0.377 e. The standard InChI is InChI=1S/C16H17FN2O3/c1-19(13-8-22-9-14(13)21-2)16(20)12-7-6-10-4-3-5-11(17)15(10)18-12/h3-7,13-14H,8-9H2,1-2H3/t13-,14+/m0/s1. The summed E-state index contributed by atoms with van der Waals surface area (Å²) >= 11 is 0. The fourth-order valence-corrected chi connectivity index (χ4v) is 2.67. The maximum Gasteiger partial charge on any atom is 0.272 e. The molecule has 5 nitrogen and oxygen atoms in total. The summed E-state index contributed by atoms with van der Waals surface area (Å²) in [6.07, 6.45) is -0.161. The predicted molar refractivity (Wildman–Crippen MR) is 79.2 cm³/mol. The molecule has 0 aliphatic carbocycles. The Hall–Kier alpha value is -2.05. The van der Waals surface area contributed by atoms with E-state index in [1.165, 1.54) is 6.07 Å². The average Bonchev–Trinajstić information content (AvgIpc) is 3.02. The molecule has 1 aromatic heterocycles. The van der Waals surface area contributed by atoms with Crippen LogP contribution in [0.1, 0.15) is 10.5 Å². The molecular weight excluding hydrogens is 287 g/mol. The Balaban J connectivity index is 1.90. The van der Waals surface area contributed by atoms with Crippen LogP contribution in [0.2, 0.25) is 0 Å². The summed E-state index contributed by atoms with van der Waals surface area (Å²) in [4.78, 5) is 18.3. The number of ether oxygens (including phenoxy) is 2. The molecule has 116 valence electrons. The van der Waals surface area contributed by atoms with Gasteiger partial charge in [-0.2, -0.15) is 0 Å². The summed E-state index contributed by atoms with van der Waals surface area (Å²) in [5.41, 5.74) is 0.412. The first-order valence-corrected chi connectivity index (χ1v) is 7.05. The third kappa shape index (κ3) is 2.55. The number of aromatic nitrogens is 1. The predicted octanol–water partition coefficient (Wildman–Crippen LogP) is 1.86. The molecule has 1 aliphatic heterocycles. The Morgan fingerprint density at radius 2 is 2.18 bits per heavy atom. The molecular formula is C16H17FN2O3. The van der Waals surface area contributed by atoms with Crippen molar-refractivity contribution in [3.05, 3.63) is 41.8 Å². The number of pyridine rings is 1. The SMILES string of the molecule is CO[C@@H]1COC[C@@H]1N(C)C(=O)c1ccc2cccc(F)c2n1. The van der Waals surface area contributed by atoms with Gasteiger partial charge in [-0.15, -0.1) is 0 Å². The molecule has 0 bridgehead atoms. The van der Waals surface area contributed by atoms with Crippen molar-refractivity contribution in [1.82, 2.24) is 9.88 Å². The monoisotopic (exact) mass is 304 g/mol. The first-order valence-electron chi connectivity index (χ1n) is 7.05. The lowest BCUT2D eigenvalue weighted by molar-refractivity contribution is 0.0399. The topological polar surface area (TPSA) is 51.7 Å². The zero-order valence-corrected chi connectivity index (χ0v) is 12.5. The van der Waals surface area contributed by atoms with E-state index in [0.29, 0.717) is 18.6 Å². The first-order chi connectivity index (χ1) is 10.6. The second-order valence-electron chi connectivity index (χ2n) is 5.30. The van der Waals surface area contributed by atoms with Gasteiger partial charge in [0.15, 0.2) is 0 Å². The molecule has 3 rings (SSSR count). The Morgan fingerprint density at radius 3 is 2.95 bits per heavy atom. The number of benzene rings is 1. The van der Waals surface area contributed by atoms with Crippen molar-refractivity contribution in [1.29, 1.82) is 0 Å². The van der Waals surface area contributed by atoms with Gasteiger partial charge in [-0.3, -0.25) is 4.79 Å². The van der Waals surface area contributed by atoms with Gasteiger partial charge in [0, 0.05) is 19.5 Å². The van der Waals surface area contributed by atoms with Crippen molar-refractivity contribution in [3.63, 3.8) is 0 Å². The second kappa shape index (κ2) is 5.98. The highest BCUT2D eigenvalue weighted by Crippen LogP contribution is 2.19. The maximum atomic E-state index is 13.8. The van der Waals surface area contributed by atoms with Gasteiger partial charge in [0.2, 0.25) is 0 Å². The maximum absolute atomic E-state index is 13.8. The van der Waals surface area contributed by atoms with Crippen LogP contribution in [0.4, 0.5) is 4.39 Å². The zero-order valence-electron chi connectivity index (χ0n) is 12.5. The van der Waals surface area contributed by atoms with Crippen molar-refractivity contribution in [2.24, 2.45) is 0 Å². The number of halogens is 1. The Kier molecular flexibility index (Phi) is 4.04. The summed E-state index contributed by atoms with van der Waals surface area (Å²) in [7, 11) is 3.27. The zero-order chi connectivity index (χ0) is 15.7. The van der Waals surface area contributed by atoms with E-state index in [0.717, 1.165) is 0 Å². The van der Waals surface area contributed by atoms with Crippen LogP contribution in [0.5, 0.6) is 0 Å². The molecule has 2 heterocycles. The van der Waals surface area contributed by atoms with E-state index in [-0.39, 0.29) is 29.3 Å². The fraction of sp³-hybridized carbons (Fsp3) is 0.375. The molecule has 22 heavy (non-hydrogen) atoms. The lowest BCUT2D eigenvalue weighted by Gasteiger charge is -2.27. The Morgan fingerprint density at radius 1 is 1.36 bits per heavy atom. The van der Waals surface area contributed by atoms with Crippen LogP contribution in [0.25, 0.3) is 10.9 Å². The summed E-state index contributed by atoms with van der Waals surface area (Å²) < 4.78 is 24.5. The Bertz CT molecular complexity index is 707. The molecule has 0 radical (unpaired) electrons. The third-order valence-electron chi connectivity index (χ3n) is 4.01. The average molecular weight is 304 g/mol. The van der Waals surface area contributed by atoms with Crippen molar-refractivity contribution in [2.45, 2.75) is 12.1 Å². The minimum atomic E-state index is -0.436. The normalized spacial score (nSPS) is 21.2. The van der Waals surface area contributed by atoms with Crippen LogP contribution in [0.15, 0.2) is 30.3 Å². The van der Waals surface area contributed by atoms with Crippen LogP contribution >= 0.6 is 0 Å². The molecule has 6 heteroatoms. The van der Waals surface area contributed by atoms with E-state index in [1.54, 1.807) is 43.3 Å². The second-order valence-corrected chi connectivity index (χ2v) is 5.30. The molecule has 0 N–H and O–H groups in total. The number of methoxy groups -OCH3 is 1. The van der Waals surface area contributed by atoms with Crippen LogP contribution in [0.3, 0.4) is 0 Å². The minimum Gasteiger partial charge on any atom is -0.377 e. The highest BCUT2D eigenvalue weighted by atomic mass is 19.1. The summed E-state index contributed by atoms with van der Waals surface area (Å²) in [6.45, 7) is 0.876. The summed E-state index contributed by atoms with van der Waals surface area (Å²) in [6, 6.07) is 7.85. The fourth-order valence-electron chi connectivity index (χ4n) is 2.67. The van der Waals surface area contributed by atoms with E-state index >= 15 is 0 Å². The van der Waals surface area contributed by atoms with Gasteiger partial charge in [0.05, 0.1) is 19.3 Å². The molecule has 1 amide bonds. The third-order valence-corrected chi connectivity index (χ3v) is 4.01. The molecule has 1 saturated heterocycles.